The monoisotopic (exact) mass is 345 g/mol. The molecule has 3 heteroatoms. The van der Waals surface area contributed by atoms with Crippen molar-refractivity contribution < 1.29 is 4.79 Å². The minimum atomic E-state index is 0.0785. The van der Waals surface area contributed by atoms with Gasteiger partial charge < -0.3 is 5.32 Å². The van der Waals surface area contributed by atoms with E-state index in [1.165, 1.54) is 26.4 Å². The summed E-state index contributed by atoms with van der Waals surface area (Å²) in [7, 11) is 0. The second kappa shape index (κ2) is 7.08. The molecule has 0 unspecified atom stereocenters. The first kappa shape index (κ1) is 15.9. The third-order valence-electron chi connectivity index (χ3n) is 4.46. The average Bonchev–Trinajstić information content (AvgIpc) is 3.05. The molecule has 0 aliphatic carbocycles. The maximum absolute atomic E-state index is 12.2. The van der Waals surface area contributed by atoms with E-state index >= 15 is 0 Å². The number of carbonyl (C=O) groups is 1. The van der Waals surface area contributed by atoms with Crippen molar-refractivity contribution in [3.8, 4) is 0 Å². The molecule has 0 radical (unpaired) electrons. The van der Waals surface area contributed by atoms with Crippen molar-refractivity contribution in [1.29, 1.82) is 0 Å². The van der Waals surface area contributed by atoms with E-state index in [9.17, 15) is 4.79 Å². The lowest BCUT2D eigenvalue weighted by Crippen LogP contribution is -2.27. The van der Waals surface area contributed by atoms with Crippen LogP contribution < -0.4 is 5.32 Å². The van der Waals surface area contributed by atoms with Gasteiger partial charge in [-0.2, -0.15) is 0 Å². The Hall–Kier alpha value is -2.65. The standard InChI is InChI=1S/C22H19NOS/c24-22(14-16-9-10-17-5-1-2-6-18(17)13-16)23-12-11-19-15-25-21-8-4-3-7-20(19)21/h1-10,13,15H,11-12,14H2,(H,23,24). The molecular formula is C22H19NOS. The van der Waals surface area contributed by atoms with Crippen LogP contribution in [0.3, 0.4) is 0 Å². The van der Waals surface area contributed by atoms with Gasteiger partial charge in [0.15, 0.2) is 0 Å². The van der Waals surface area contributed by atoms with E-state index in [1.807, 2.05) is 18.2 Å². The topological polar surface area (TPSA) is 29.1 Å². The van der Waals surface area contributed by atoms with Crippen LogP contribution in [0.25, 0.3) is 20.9 Å². The van der Waals surface area contributed by atoms with E-state index in [4.69, 9.17) is 0 Å². The Morgan fingerprint density at radius 3 is 2.64 bits per heavy atom. The SMILES string of the molecule is O=C(Cc1ccc2ccccc2c1)NCCc1csc2ccccc12. The highest BCUT2D eigenvalue weighted by Gasteiger charge is 2.06. The highest BCUT2D eigenvalue weighted by Crippen LogP contribution is 2.25. The molecule has 4 aromatic rings. The second-order valence-electron chi connectivity index (χ2n) is 6.22. The van der Waals surface area contributed by atoms with Crippen LogP contribution in [0.15, 0.2) is 72.1 Å². The van der Waals surface area contributed by atoms with Gasteiger partial charge in [-0.3, -0.25) is 4.79 Å². The fourth-order valence-corrected chi connectivity index (χ4v) is 4.16. The molecule has 1 amide bonds. The Morgan fingerprint density at radius 2 is 1.72 bits per heavy atom. The van der Waals surface area contributed by atoms with Gasteiger partial charge >= 0.3 is 0 Å². The molecule has 1 heterocycles. The minimum absolute atomic E-state index is 0.0785. The number of hydrogen-bond donors (Lipinski definition) is 1. The maximum atomic E-state index is 12.2. The molecule has 1 N–H and O–H groups in total. The van der Waals surface area contributed by atoms with Gasteiger partial charge in [-0.05, 0) is 45.2 Å². The molecule has 0 aliphatic heterocycles. The quantitative estimate of drug-likeness (QED) is 0.544. The molecule has 0 spiro atoms. The Balaban J connectivity index is 1.35. The van der Waals surface area contributed by atoms with Crippen LogP contribution >= 0.6 is 11.3 Å². The molecule has 3 aromatic carbocycles. The van der Waals surface area contributed by atoms with Gasteiger partial charge in [0.2, 0.25) is 5.91 Å². The molecule has 25 heavy (non-hydrogen) atoms. The molecule has 0 saturated heterocycles. The van der Waals surface area contributed by atoms with Crippen LogP contribution in [0, 0.1) is 0 Å². The molecule has 0 aliphatic rings. The second-order valence-corrected chi connectivity index (χ2v) is 7.13. The van der Waals surface area contributed by atoms with Crippen molar-refractivity contribution in [2.45, 2.75) is 12.8 Å². The van der Waals surface area contributed by atoms with Crippen LogP contribution in [0.4, 0.5) is 0 Å². The van der Waals surface area contributed by atoms with Gasteiger partial charge in [0, 0.05) is 11.2 Å². The zero-order valence-corrected chi connectivity index (χ0v) is 14.7. The largest absolute Gasteiger partial charge is 0.355 e. The third-order valence-corrected chi connectivity index (χ3v) is 5.47. The van der Waals surface area contributed by atoms with E-state index in [0.717, 1.165) is 12.0 Å². The molecular weight excluding hydrogens is 326 g/mol. The summed E-state index contributed by atoms with van der Waals surface area (Å²) in [6.45, 7) is 0.674. The van der Waals surface area contributed by atoms with Gasteiger partial charge in [-0.25, -0.2) is 0 Å². The summed E-state index contributed by atoms with van der Waals surface area (Å²) >= 11 is 1.76. The first-order valence-electron chi connectivity index (χ1n) is 8.49. The highest BCUT2D eigenvalue weighted by molar-refractivity contribution is 7.17. The first-order valence-corrected chi connectivity index (χ1v) is 9.37. The molecule has 0 saturated carbocycles. The van der Waals surface area contributed by atoms with Gasteiger partial charge in [0.25, 0.3) is 0 Å². The summed E-state index contributed by atoms with van der Waals surface area (Å²) in [5.41, 5.74) is 2.36. The Bertz CT molecular complexity index is 1030. The van der Waals surface area contributed by atoms with Gasteiger partial charge in [-0.15, -0.1) is 11.3 Å². The van der Waals surface area contributed by atoms with Gasteiger partial charge in [0.05, 0.1) is 6.42 Å². The molecule has 0 fully saturated rings. The Kier molecular flexibility index (Phi) is 4.49. The maximum Gasteiger partial charge on any atom is 0.224 e. The predicted octanol–water partition coefficient (Wildman–Crippen LogP) is 4.96. The Morgan fingerprint density at radius 1 is 0.920 bits per heavy atom. The Labute approximate surface area is 151 Å². The molecule has 4 rings (SSSR count). The summed E-state index contributed by atoms with van der Waals surface area (Å²) < 4.78 is 1.31. The number of amides is 1. The van der Waals surface area contributed by atoms with Crippen LogP contribution in [0.5, 0.6) is 0 Å². The number of benzene rings is 3. The highest BCUT2D eigenvalue weighted by atomic mass is 32.1. The first-order chi connectivity index (χ1) is 12.3. The summed E-state index contributed by atoms with van der Waals surface area (Å²) in [5.74, 6) is 0.0785. The van der Waals surface area contributed by atoms with Crippen molar-refractivity contribution >= 4 is 38.1 Å². The minimum Gasteiger partial charge on any atom is -0.355 e. The lowest BCUT2D eigenvalue weighted by Gasteiger charge is -2.06. The number of nitrogens with one attached hydrogen (secondary N) is 1. The average molecular weight is 345 g/mol. The predicted molar refractivity (Wildman–Crippen MR) is 106 cm³/mol. The number of fused-ring (bicyclic) bond motifs is 2. The summed E-state index contributed by atoms with van der Waals surface area (Å²) in [6.07, 6.45) is 1.29. The van der Waals surface area contributed by atoms with Crippen LogP contribution in [0.2, 0.25) is 0 Å². The number of thiophene rings is 1. The summed E-state index contributed by atoms with van der Waals surface area (Å²) in [5, 5.41) is 8.93. The lowest BCUT2D eigenvalue weighted by molar-refractivity contribution is -0.120. The van der Waals surface area contributed by atoms with Crippen molar-refractivity contribution in [2.24, 2.45) is 0 Å². The molecule has 124 valence electrons. The van der Waals surface area contributed by atoms with Crippen molar-refractivity contribution in [2.75, 3.05) is 6.54 Å². The zero-order chi connectivity index (χ0) is 17.1. The molecule has 0 atom stereocenters. The van der Waals surface area contributed by atoms with E-state index < -0.39 is 0 Å². The van der Waals surface area contributed by atoms with E-state index in [2.05, 4.69) is 59.2 Å². The molecule has 1 aromatic heterocycles. The third kappa shape index (κ3) is 3.57. The van der Waals surface area contributed by atoms with Crippen molar-refractivity contribution in [3.63, 3.8) is 0 Å². The van der Waals surface area contributed by atoms with Crippen LogP contribution in [-0.2, 0) is 17.6 Å². The van der Waals surface area contributed by atoms with Crippen molar-refractivity contribution in [1.82, 2.24) is 5.32 Å². The fourth-order valence-electron chi connectivity index (χ4n) is 3.16. The zero-order valence-electron chi connectivity index (χ0n) is 13.9. The van der Waals surface area contributed by atoms with E-state index in [0.29, 0.717) is 13.0 Å². The molecule has 0 bridgehead atoms. The van der Waals surface area contributed by atoms with E-state index in [1.54, 1.807) is 11.3 Å². The normalized spacial score (nSPS) is 11.0. The lowest BCUT2D eigenvalue weighted by atomic mass is 10.0. The summed E-state index contributed by atoms with van der Waals surface area (Å²) in [6, 6.07) is 22.9. The smallest absolute Gasteiger partial charge is 0.224 e. The number of rotatable bonds is 5. The summed E-state index contributed by atoms with van der Waals surface area (Å²) in [4.78, 5) is 12.2. The number of carbonyl (C=O) groups excluding carboxylic acids is 1. The fraction of sp³-hybridized carbons (Fsp3) is 0.136. The van der Waals surface area contributed by atoms with Gasteiger partial charge in [0.1, 0.15) is 0 Å². The van der Waals surface area contributed by atoms with Gasteiger partial charge in [-0.1, -0.05) is 60.7 Å². The van der Waals surface area contributed by atoms with E-state index in [-0.39, 0.29) is 5.91 Å². The van der Waals surface area contributed by atoms with Crippen LogP contribution in [-0.4, -0.2) is 12.5 Å². The molecule has 2 nitrogen and oxygen atoms in total. The number of hydrogen-bond acceptors (Lipinski definition) is 2. The van der Waals surface area contributed by atoms with Crippen LogP contribution in [0.1, 0.15) is 11.1 Å². The van der Waals surface area contributed by atoms with Crippen molar-refractivity contribution in [3.05, 3.63) is 83.2 Å².